The van der Waals surface area contributed by atoms with Gasteiger partial charge in [0.05, 0.1) is 24.6 Å². The van der Waals surface area contributed by atoms with Gasteiger partial charge >= 0.3 is 0 Å². The van der Waals surface area contributed by atoms with E-state index >= 15 is 0 Å². The first-order valence-corrected chi connectivity index (χ1v) is 6.07. The Hall–Kier alpha value is -1.30. The molecule has 2 aromatic heterocycles. The molecule has 18 heavy (non-hydrogen) atoms. The van der Waals surface area contributed by atoms with Crippen molar-refractivity contribution in [2.45, 2.75) is 6.42 Å². The van der Waals surface area contributed by atoms with Gasteiger partial charge in [0, 0.05) is 26.6 Å². The molecule has 0 spiro atoms. The van der Waals surface area contributed by atoms with E-state index < -0.39 is 0 Å². The van der Waals surface area contributed by atoms with E-state index in [9.17, 15) is 0 Å². The van der Waals surface area contributed by atoms with Gasteiger partial charge in [-0.2, -0.15) is 0 Å². The average molecular weight is 271 g/mol. The number of methoxy groups -OCH3 is 1. The van der Waals surface area contributed by atoms with Crippen molar-refractivity contribution >= 4 is 11.6 Å². The highest BCUT2D eigenvalue weighted by Gasteiger charge is 2.11. The van der Waals surface area contributed by atoms with Crippen molar-refractivity contribution in [3.63, 3.8) is 0 Å². The maximum absolute atomic E-state index is 5.86. The molecule has 0 aliphatic carbocycles. The van der Waals surface area contributed by atoms with Gasteiger partial charge in [0.25, 0.3) is 0 Å². The van der Waals surface area contributed by atoms with Crippen LogP contribution < -0.4 is 5.32 Å². The highest BCUT2D eigenvalue weighted by Crippen LogP contribution is 2.29. The van der Waals surface area contributed by atoms with Crippen LogP contribution in [0.15, 0.2) is 27.4 Å². The monoisotopic (exact) mass is 270 g/mol. The van der Waals surface area contributed by atoms with E-state index in [1.54, 1.807) is 19.4 Å². The molecular weight excluding hydrogens is 256 g/mol. The molecule has 5 nitrogen and oxygen atoms in total. The van der Waals surface area contributed by atoms with E-state index in [1.807, 2.05) is 0 Å². The van der Waals surface area contributed by atoms with Gasteiger partial charge in [0.1, 0.15) is 0 Å². The lowest BCUT2D eigenvalue weighted by atomic mass is 10.3. The molecule has 6 heteroatoms. The molecule has 0 aromatic carbocycles. The maximum atomic E-state index is 5.86. The molecule has 0 atom stereocenters. The standard InChI is InChI=1S/C12H15ClN2O3/c1-16-7-5-14-4-2-11-15-8-10(18-11)9-3-6-17-12(9)13/h3,6,8,14H,2,4-5,7H2,1H3. The predicted molar refractivity (Wildman–Crippen MR) is 67.7 cm³/mol. The predicted octanol–water partition coefficient (Wildman–Crippen LogP) is 2.37. The number of furan rings is 1. The molecule has 0 unspecified atom stereocenters. The normalized spacial score (nSPS) is 11.0. The minimum absolute atomic E-state index is 0.316. The highest BCUT2D eigenvalue weighted by molar-refractivity contribution is 6.31. The van der Waals surface area contributed by atoms with Gasteiger partial charge in [-0.15, -0.1) is 0 Å². The number of halogens is 1. The van der Waals surface area contributed by atoms with Crippen molar-refractivity contribution in [1.29, 1.82) is 0 Å². The van der Waals surface area contributed by atoms with Gasteiger partial charge in [-0.05, 0) is 17.7 Å². The minimum Gasteiger partial charge on any atom is -0.452 e. The van der Waals surface area contributed by atoms with E-state index in [0.717, 1.165) is 25.1 Å². The minimum atomic E-state index is 0.316. The summed E-state index contributed by atoms with van der Waals surface area (Å²) >= 11 is 5.86. The van der Waals surface area contributed by atoms with Crippen molar-refractivity contribution in [2.24, 2.45) is 0 Å². The zero-order chi connectivity index (χ0) is 12.8. The lowest BCUT2D eigenvalue weighted by molar-refractivity contribution is 0.199. The molecule has 0 saturated heterocycles. The second-order valence-corrected chi connectivity index (χ2v) is 4.06. The summed E-state index contributed by atoms with van der Waals surface area (Å²) in [5.74, 6) is 1.30. The average Bonchev–Trinajstić information content (AvgIpc) is 2.97. The second kappa shape index (κ2) is 6.58. The molecular formula is C12H15ClN2O3. The zero-order valence-electron chi connectivity index (χ0n) is 10.1. The van der Waals surface area contributed by atoms with Gasteiger partial charge in [0.15, 0.2) is 11.7 Å². The molecule has 1 N–H and O–H groups in total. The Kier molecular flexibility index (Phi) is 4.81. The molecule has 0 aliphatic rings. The molecule has 98 valence electrons. The van der Waals surface area contributed by atoms with Crippen LogP contribution in [0, 0.1) is 0 Å². The van der Waals surface area contributed by atoms with Crippen LogP contribution in [0.25, 0.3) is 11.3 Å². The van der Waals surface area contributed by atoms with Gasteiger partial charge < -0.3 is 18.9 Å². The Morgan fingerprint density at radius 3 is 3.06 bits per heavy atom. The van der Waals surface area contributed by atoms with Crippen molar-refractivity contribution in [2.75, 3.05) is 26.8 Å². The topological polar surface area (TPSA) is 60.4 Å². The number of ether oxygens (including phenoxy) is 1. The molecule has 0 amide bonds. The van der Waals surface area contributed by atoms with Crippen LogP contribution in [-0.4, -0.2) is 31.8 Å². The van der Waals surface area contributed by atoms with Gasteiger partial charge in [-0.25, -0.2) is 4.98 Å². The van der Waals surface area contributed by atoms with Gasteiger partial charge in [-0.3, -0.25) is 0 Å². The summed E-state index contributed by atoms with van der Waals surface area (Å²) < 4.78 is 15.5. The van der Waals surface area contributed by atoms with E-state index in [1.165, 1.54) is 6.26 Å². The summed E-state index contributed by atoms with van der Waals surface area (Å²) in [5, 5.41) is 3.54. The second-order valence-electron chi connectivity index (χ2n) is 3.72. The van der Waals surface area contributed by atoms with E-state index in [2.05, 4.69) is 10.3 Å². The number of aromatic nitrogens is 1. The summed E-state index contributed by atoms with van der Waals surface area (Å²) in [5.41, 5.74) is 0.725. The Morgan fingerprint density at radius 1 is 1.44 bits per heavy atom. The third-order valence-corrected chi connectivity index (χ3v) is 2.73. The molecule has 2 heterocycles. The van der Waals surface area contributed by atoms with Crippen molar-refractivity contribution in [3.8, 4) is 11.3 Å². The van der Waals surface area contributed by atoms with E-state index in [-0.39, 0.29) is 0 Å². The van der Waals surface area contributed by atoms with Gasteiger partial charge in [-0.1, -0.05) is 0 Å². The third kappa shape index (κ3) is 3.35. The number of nitrogens with one attached hydrogen (secondary N) is 1. The number of rotatable bonds is 7. The molecule has 0 saturated carbocycles. The SMILES string of the molecule is COCCNCCc1ncc(-c2ccoc2Cl)o1. The Morgan fingerprint density at radius 2 is 2.33 bits per heavy atom. The summed E-state index contributed by atoms with van der Waals surface area (Å²) in [7, 11) is 1.68. The highest BCUT2D eigenvalue weighted by atomic mass is 35.5. The third-order valence-electron chi connectivity index (χ3n) is 2.44. The Bertz CT molecular complexity index is 481. The fourth-order valence-corrected chi connectivity index (χ4v) is 1.72. The van der Waals surface area contributed by atoms with Gasteiger partial charge in [0.2, 0.25) is 5.22 Å². The molecule has 2 aromatic rings. The molecule has 0 fully saturated rings. The van der Waals surface area contributed by atoms with Crippen LogP contribution >= 0.6 is 11.6 Å². The van der Waals surface area contributed by atoms with E-state index in [4.69, 9.17) is 25.2 Å². The molecule has 0 aliphatic heterocycles. The summed E-state index contributed by atoms with van der Waals surface area (Å²) in [6, 6.07) is 1.75. The molecule has 0 bridgehead atoms. The fourth-order valence-electron chi connectivity index (χ4n) is 1.51. The first kappa shape index (κ1) is 13.1. The van der Waals surface area contributed by atoms with Crippen LogP contribution in [0.3, 0.4) is 0 Å². The van der Waals surface area contributed by atoms with Crippen LogP contribution in [0.1, 0.15) is 5.89 Å². The smallest absolute Gasteiger partial charge is 0.204 e. The summed E-state index contributed by atoms with van der Waals surface area (Å²) in [6.07, 6.45) is 3.90. The number of hydrogen-bond donors (Lipinski definition) is 1. The first-order valence-electron chi connectivity index (χ1n) is 5.69. The first-order chi connectivity index (χ1) is 8.81. The molecule has 0 radical (unpaired) electrons. The zero-order valence-corrected chi connectivity index (χ0v) is 10.9. The van der Waals surface area contributed by atoms with Crippen molar-refractivity contribution < 1.29 is 13.6 Å². The number of nitrogens with zero attached hydrogens (tertiary/aromatic N) is 1. The lowest BCUT2D eigenvalue weighted by Crippen LogP contribution is -2.21. The maximum Gasteiger partial charge on any atom is 0.204 e. The van der Waals surface area contributed by atoms with E-state index in [0.29, 0.717) is 23.5 Å². The van der Waals surface area contributed by atoms with Crippen LogP contribution in [0.2, 0.25) is 5.22 Å². The number of oxazole rings is 1. The number of hydrogen-bond acceptors (Lipinski definition) is 5. The lowest BCUT2D eigenvalue weighted by Gasteiger charge is -2.00. The Balaban J connectivity index is 1.85. The fraction of sp³-hybridized carbons (Fsp3) is 0.417. The van der Waals surface area contributed by atoms with Crippen LogP contribution in [0.5, 0.6) is 0 Å². The Labute approximate surface area is 110 Å². The summed E-state index contributed by atoms with van der Waals surface area (Å²) in [6.45, 7) is 2.31. The van der Waals surface area contributed by atoms with Crippen LogP contribution in [0.4, 0.5) is 0 Å². The quantitative estimate of drug-likeness (QED) is 0.783. The van der Waals surface area contributed by atoms with Crippen molar-refractivity contribution in [1.82, 2.24) is 10.3 Å². The van der Waals surface area contributed by atoms with Crippen LogP contribution in [-0.2, 0) is 11.2 Å². The van der Waals surface area contributed by atoms with Crippen molar-refractivity contribution in [3.05, 3.63) is 29.6 Å². The summed E-state index contributed by atoms with van der Waals surface area (Å²) in [4.78, 5) is 4.19. The molecule has 2 rings (SSSR count). The largest absolute Gasteiger partial charge is 0.452 e.